The number of likely N-dealkylation sites (tertiary alicyclic amines) is 1. The van der Waals surface area contributed by atoms with Crippen LogP contribution < -0.4 is 4.90 Å². The second kappa shape index (κ2) is 7.68. The number of carbonyl (C=O) groups is 1. The predicted molar refractivity (Wildman–Crippen MR) is 103 cm³/mol. The molecule has 144 valence electrons. The molecule has 7 heteroatoms. The highest BCUT2D eigenvalue weighted by molar-refractivity contribution is 5.78. The summed E-state index contributed by atoms with van der Waals surface area (Å²) >= 11 is 0. The van der Waals surface area contributed by atoms with E-state index in [1.807, 2.05) is 11.8 Å². The van der Waals surface area contributed by atoms with E-state index in [4.69, 9.17) is 4.52 Å². The molecule has 2 fully saturated rings. The molecular formula is C20H27N5O2. The third kappa shape index (κ3) is 4.13. The van der Waals surface area contributed by atoms with Gasteiger partial charge in [-0.3, -0.25) is 9.69 Å². The number of aryl methyl sites for hydroxylation is 2. The van der Waals surface area contributed by atoms with Crippen molar-refractivity contribution in [1.29, 1.82) is 0 Å². The summed E-state index contributed by atoms with van der Waals surface area (Å²) in [5.74, 6) is 1.70. The normalized spacial score (nSPS) is 21.0. The van der Waals surface area contributed by atoms with E-state index in [1.54, 1.807) is 0 Å². The van der Waals surface area contributed by atoms with Crippen LogP contribution in [0.15, 0.2) is 28.8 Å². The van der Waals surface area contributed by atoms with E-state index >= 15 is 0 Å². The summed E-state index contributed by atoms with van der Waals surface area (Å²) in [7, 11) is 0. The van der Waals surface area contributed by atoms with E-state index in [0.29, 0.717) is 24.8 Å². The fourth-order valence-electron chi connectivity index (χ4n) is 3.95. The average Bonchev–Trinajstić information content (AvgIpc) is 3.31. The fraction of sp³-hybridized carbons (Fsp3) is 0.550. The van der Waals surface area contributed by atoms with Crippen LogP contribution in [-0.4, -0.2) is 71.7 Å². The van der Waals surface area contributed by atoms with E-state index in [2.05, 4.69) is 51.1 Å². The van der Waals surface area contributed by atoms with Gasteiger partial charge in [0.2, 0.25) is 11.8 Å². The predicted octanol–water partition coefficient (Wildman–Crippen LogP) is 1.82. The lowest BCUT2D eigenvalue weighted by Crippen LogP contribution is -2.50. The summed E-state index contributed by atoms with van der Waals surface area (Å²) in [6.07, 6.45) is 0.897. The first kappa shape index (κ1) is 18.0. The SMILES string of the molecule is Cc1cccc(N2CCN(CC(=O)N3CCC(c4nc(C)no4)C3)CC2)c1. The molecule has 2 aromatic rings. The number of piperazine rings is 1. The Labute approximate surface area is 159 Å². The van der Waals surface area contributed by atoms with Gasteiger partial charge in [0.15, 0.2) is 5.82 Å². The topological polar surface area (TPSA) is 65.7 Å². The molecule has 2 saturated heterocycles. The molecule has 3 heterocycles. The average molecular weight is 369 g/mol. The third-order valence-electron chi connectivity index (χ3n) is 5.53. The minimum absolute atomic E-state index is 0.174. The second-order valence-corrected chi connectivity index (χ2v) is 7.61. The van der Waals surface area contributed by atoms with Crippen LogP contribution in [0.25, 0.3) is 0 Å². The van der Waals surface area contributed by atoms with Crippen LogP contribution in [0.4, 0.5) is 5.69 Å². The zero-order chi connectivity index (χ0) is 18.8. The molecule has 0 bridgehead atoms. The van der Waals surface area contributed by atoms with Crippen molar-refractivity contribution in [3.8, 4) is 0 Å². The molecule has 0 N–H and O–H groups in total. The standard InChI is InChI=1S/C20H27N5O2/c1-15-4-3-5-18(12-15)24-10-8-23(9-11-24)14-19(26)25-7-6-17(13-25)20-21-16(2)22-27-20/h3-5,12,17H,6-11,13-14H2,1-2H3. The number of benzene rings is 1. The minimum Gasteiger partial charge on any atom is -0.369 e. The lowest BCUT2D eigenvalue weighted by atomic mass is 10.1. The van der Waals surface area contributed by atoms with Gasteiger partial charge in [0.25, 0.3) is 0 Å². The molecule has 2 aliphatic heterocycles. The van der Waals surface area contributed by atoms with Crippen molar-refractivity contribution in [1.82, 2.24) is 19.9 Å². The van der Waals surface area contributed by atoms with Crippen LogP contribution in [0.3, 0.4) is 0 Å². The van der Waals surface area contributed by atoms with Gasteiger partial charge in [-0.15, -0.1) is 0 Å². The Balaban J connectivity index is 1.26. The van der Waals surface area contributed by atoms with Crippen molar-refractivity contribution < 1.29 is 9.32 Å². The first-order chi connectivity index (χ1) is 13.1. The Morgan fingerprint density at radius 1 is 1.19 bits per heavy atom. The number of nitrogens with zero attached hydrogens (tertiary/aromatic N) is 5. The molecule has 1 atom stereocenters. The van der Waals surface area contributed by atoms with Gasteiger partial charge in [-0.25, -0.2) is 0 Å². The largest absolute Gasteiger partial charge is 0.369 e. The van der Waals surface area contributed by atoms with E-state index in [-0.39, 0.29) is 11.8 Å². The number of amides is 1. The van der Waals surface area contributed by atoms with Crippen LogP contribution in [-0.2, 0) is 4.79 Å². The molecule has 0 saturated carbocycles. The van der Waals surface area contributed by atoms with Crippen LogP contribution in [0, 0.1) is 13.8 Å². The van der Waals surface area contributed by atoms with Crippen molar-refractivity contribution in [2.24, 2.45) is 0 Å². The molecule has 1 amide bonds. The molecule has 1 unspecified atom stereocenters. The van der Waals surface area contributed by atoms with E-state index in [0.717, 1.165) is 39.1 Å². The molecule has 0 radical (unpaired) electrons. The van der Waals surface area contributed by atoms with E-state index in [1.165, 1.54) is 11.3 Å². The van der Waals surface area contributed by atoms with Gasteiger partial charge in [0.1, 0.15) is 0 Å². The monoisotopic (exact) mass is 369 g/mol. The van der Waals surface area contributed by atoms with Crippen LogP contribution in [0.2, 0.25) is 0 Å². The van der Waals surface area contributed by atoms with E-state index < -0.39 is 0 Å². The Morgan fingerprint density at radius 3 is 2.70 bits per heavy atom. The summed E-state index contributed by atoms with van der Waals surface area (Å²) in [5.41, 5.74) is 2.56. The molecule has 27 heavy (non-hydrogen) atoms. The zero-order valence-corrected chi connectivity index (χ0v) is 16.1. The lowest BCUT2D eigenvalue weighted by molar-refractivity contribution is -0.131. The number of carbonyl (C=O) groups excluding carboxylic acids is 1. The molecule has 0 aliphatic carbocycles. The van der Waals surface area contributed by atoms with Crippen molar-refractivity contribution in [3.63, 3.8) is 0 Å². The highest BCUT2D eigenvalue weighted by Crippen LogP contribution is 2.26. The Morgan fingerprint density at radius 2 is 2.00 bits per heavy atom. The maximum Gasteiger partial charge on any atom is 0.236 e. The van der Waals surface area contributed by atoms with Gasteiger partial charge in [-0.1, -0.05) is 17.3 Å². The Hall–Kier alpha value is -2.41. The molecule has 4 rings (SSSR count). The van der Waals surface area contributed by atoms with Crippen molar-refractivity contribution in [3.05, 3.63) is 41.5 Å². The van der Waals surface area contributed by atoms with Gasteiger partial charge in [-0.2, -0.15) is 4.98 Å². The number of hydrogen-bond acceptors (Lipinski definition) is 6. The summed E-state index contributed by atoms with van der Waals surface area (Å²) in [6, 6.07) is 8.62. The molecule has 1 aromatic carbocycles. The number of aromatic nitrogens is 2. The summed E-state index contributed by atoms with van der Waals surface area (Å²) in [4.78, 5) is 23.6. The summed E-state index contributed by atoms with van der Waals surface area (Å²) in [6.45, 7) is 9.65. The fourth-order valence-corrected chi connectivity index (χ4v) is 3.95. The zero-order valence-electron chi connectivity index (χ0n) is 16.1. The van der Waals surface area contributed by atoms with Crippen molar-refractivity contribution in [2.45, 2.75) is 26.2 Å². The molecule has 7 nitrogen and oxygen atoms in total. The van der Waals surface area contributed by atoms with Crippen LogP contribution in [0.1, 0.15) is 29.6 Å². The Kier molecular flexibility index (Phi) is 5.11. The third-order valence-corrected chi connectivity index (χ3v) is 5.53. The van der Waals surface area contributed by atoms with Crippen LogP contribution >= 0.6 is 0 Å². The first-order valence-electron chi connectivity index (χ1n) is 9.70. The molecule has 2 aliphatic rings. The first-order valence-corrected chi connectivity index (χ1v) is 9.70. The molecule has 0 spiro atoms. The van der Waals surface area contributed by atoms with Crippen molar-refractivity contribution >= 4 is 11.6 Å². The second-order valence-electron chi connectivity index (χ2n) is 7.61. The highest BCUT2D eigenvalue weighted by Gasteiger charge is 2.31. The summed E-state index contributed by atoms with van der Waals surface area (Å²) in [5, 5.41) is 3.86. The Bertz CT molecular complexity index is 797. The smallest absolute Gasteiger partial charge is 0.236 e. The van der Waals surface area contributed by atoms with Crippen molar-refractivity contribution in [2.75, 3.05) is 50.7 Å². The highest BCUT2D eigenvalue weighted by atomic mass is 16.5. The minimum atomic E-state index is 0.174. The quantitative estimate of drug-likeness (QED) is 0.819. The van der Waals surface area contributed by atoms with Crippen LogP contribution in [0.5, 0.6) is 0 Å². The number of anilines is 1. The van der Waals surface area contributed by atoms with Gasteiger partial charge >= 0.3 is 0 Å². The lowest BCUT2D eigenvalue weighted by Gasteiger charge is -2.36. The number of rotatable bonds is 4. The van der Waals surface area contributed by atoms with E-state index in [9.17, 15) is 4.79 Å². The van der Waals surface area contributed by atoms with Gasteiger partial charge in [0.05, 0.1) is 12.5 Å². The molecular weight excluding hydrogens is 342 g/mol. The molecule has 1 aromatic heterocycles. The maximum absolute atomic E-state index is 12.7. The number of hydrogen-bond donors (Lipinski definition) is 0. The maximum atomic E-state index is 12.7. The van der Waals surface area contributed by atoms with Gasteiger partial charge in [-0.05, 0) is 38.0 Å². The van der Waals surface area contributed by atoms with Gasteiger partial charge < -0.3 is 14.3 Å². The summed E-state index contributed by atoms with van der Waals surface area (Å²) < 4.78 is 5.27. The van der Waals surface area contributed by atoms with Gasteiger partial charge in [0, 0.05) is 45.0 Å².